The van der Waals surface area contributed by atoms with Crippen LogP contribution in [0.15, 0.2) is 66.7 Å². The van der Waals surface area contributed by atoms with Crippen molar-refractivity contribution in [3.8, 4) is 11.1 Å². The van der Waals surface area contributed by atoms with Gasteiger partial charge in [-0.2, -0.15) is 0 Å². The molecule has 1 aliphatic heterocycles. The highest BCUT2D eigenvalue weighted by molar-refractivity contribution is 7.03. The molecule has 3 aromatic rings. The summed E-state index contributed by atoms with van der Waals surface area (Å²) in [6.07, 6.45) is 0. The SMILES string of the molecule is C[Si]1(C)c2ccccc2-c2c(C(=O)c3ccccc3C(=O)O)cccc21. The van der Waals surface area contributed by atoms with Crippen LogP contribution in [0.4, 0.5) is 0 Å². The number of carbonyl (C=O) groups is 2. The molecule has 0 amide bonds. The number of fused-ring (bicyclic) bond motifs is 3. The minimum absolute atomic E-state index is 0.0397. The van der Waals surface area contributed by atoms with Gasteiger partial charge in [-0.15, -0.1) is 0 Å². The van der Waals surface area contributed by atoms with Gasteiger partial charge in [0.25, 0.3) is 0 Å². The summed E-state index contributed by atoms with van der Waals surface area (Å²) >= 11 is 0. The first-order valence-corrected chi connectivity index (χ1v) is 11.5. The minimum atomic E-state index is -1.86. The topological polar surface area (TPSA) is 54.4 Å². The van der Waals surface area contributed by atoms with Crippen molar-refractivity contribution in [2.45, 2.75) is 13.1 Å². The smallest absolute Gasteiger partial charge is 0.336 e. The zero-order valence-corrected chi connectivity index (χ0v) is 15.6. The van der Waals surface area contributed by atoms with Crippen molar-refractivity contribution < 1.29 is 14.7 Å². The van der Waals surface area contributed by atoms with Gasteiger partial charge in [0.2, 0.25) is 0 Å². The number of rotatable bonds is 3. The van der Waals surface area contributed by atoms with Gasteiger partial charge >= 0.3 is 5.97 Å². The van der Waals surface area contributed by atoms with Crippen LogP contribution in [-0.2, 0) is 0 Å². The van der Waals surface area contributed by atoms with Crippen LogP contribution in [0.5, 0.6) is 0 Å². The molecule has 0 spiro atoms. The predicted molar refractivity (Wildman–Crippen MR) is 105 cm³/mol. The molecule has 0 saturated heterocycles. The van der Waals surface area contributed by atoms with Crippen LogP contribution in [-0.4, -0.2) is 24.9 Å². The molecule has 4 rings (SSSR count). The maximum absolute atomic E-state index is 13.3. The van der Waals surface area contributed by atoms with E-state index in [2.05, 4.69) is 31.3 Å². The summed E-state index contributed by atoms with van der Waals surface area (Å²) in [5.74, 6) is -1.32. The number of hydrogen-bond acceptors (Lipinski definition) is 2. The van der Waals surface area contributed by atoms with Crippen LogP contribution in [0.25, 0.3) is 11.1 Å². The van der Waals surface area contributed by atoms with E-state index in [4.69, 9.17) is 0 Å². The lowest BCUT2D eigenvalue weighted by Crippen LogP contribution is -2.49. The second kappa shape index (κ2) is 5.78. The van der Waals surface area contributed by atoms with Gasteiger partial charge in [0.05, 0.1) is 5.56 Å². The first kappa shape index (κ1) is 16.5. The molecule has 4 heteroatoms. The third kappa shape index (κ3) is 2.26. The first-order chi connectivity index (χ1) is 12.4. The van der Waals surface area contributed by atoms with Gasteiger partial charge < -0.3 is 5.11 Å². The molecule has 0 bridgehead atoms. The van der Waals surface area contributed by atoms with Crippen LogP contribution in [0, 0.1) is 0 Å². The summed E-state index contributed by atoms with van der Waals surface area (Å²) in [6, 6.07) is 20.5. The van der Waals surface area contributed by atoms with Crippen LogP contribution >= 0.6 is 0 Å². The zero-order chi connectivity index (χ0) is 18.5. The van der Waals surface area contributed by atoms with Crippen molar-refractivity contribution in [3.63, 3.8) is 0 Å². The van der Waals surface area contributed by atoms with E-state index in [9.17, 15) is 14.7 Å². The predicted octanol–water partition coefficient (Wildman–Crippen LogP) is 3.42. The van der Waals surface area contributed by atoms with Crippen LogP contribution in [0.1, 0.15) is 26.3 Å². The molecule has 3 aromatic carbocycles. The molecular formula is C22H18O3Si. The summed E-state index contributed by atoms with van der Waals surface area (Å²) in [4.78, 5) is 24.9. The van der Waals surface area contributed by atoms with Crippen molar-refractivity contribution in [1.82, 2.24) is 0 Å². The van der Waals surface area contributed by atoms with Crippen molar-refractivity contribution in [3.05, 3.63) is 83.4 Å². The highest BCUT2D eigenvalue weighted by Crippen LogP contribution is 2.32. The molecule has 0 radical (unpaired) electrons. The van der Waals surface area contributed by atoms with Crippen LogP contribution < -0.4 is 10.4 Å². The van der Waals surface area contributed by atoms with E-state index < -0.39 is 14.0 Å². The van der Waals surface area contributed by atoms with Gasteiger partial charge in [0.15, 0.2) is 5.78 Å². The van der Waals surface area contributed by atoms with E-state index >= 15 is 0 Å². The fourth-order valence-electron chi connectivity index (χ4n) is 3.96. The highest BCUT2D eigenvalue weighted by Gasteiger charge is 2.39. The normalized spacial score (nSPS) is 13.8. The lowest BCUT2D eigenvalue weighted by molar-refractivity contribution is 0.0693. The largest absolute Gasteiger partial charge is 0.478 e. The van der Waals surface area contributed by atoms with Gasteiger partial charge in [-0.05, 0) is 27.6 Å². The van der Waals surface area contributed by atoms with Crippen molar-refractivity contribution >= 4 is 30.2 Å². The van der Waals surface area contributed by atoms with Crippen LogP contribution in [0.3, 0.4) is 0 Å². The number of hydrogen-bond donors (Lipinski definition) is 1. The molecule has 1 aliphatic rings. The van der Waals surface area contributed by atoms with Crippen molar-refractivity contribution in [1.29, 1.82) is 0 Å². The fraction of sp³-hybridized carbons (Fsp3) is 0.0909. The van der Waals surface area contributed by atoms with Gasteiger partial charge in [0.1, 0.15) is 8.07 Å². The quantitative estimate of drug-likeness (QED) is 0.577. The van der Waals surface area contributed by atoms with E-state index in [1.165, 1.54) is 16.4 Å². The Kier molecular flexibility index (Phi) is 3.66. The van der Waals surface area contributed by atoms with Gasteiger partial charge in [-0.1, -0.05) is 73.8 Å². The molecule has 1 heterocycles. The van der Waals surface area contributed by atoms with Crippen molar-refractivity contribution in [2.75, 3.05) is 0 Å². The molecule has 0 unspecified atom stereocenters. The molecule has 128 valence electrons. The minimum Gasteiger partial charge on any atom is -0.478 e. The molecule has 0 aliphatic carbocycles. The fourth-order valence-corrected chi connectivity index (χ4v) is 7.05. The van der Waals surface area contributed by atoms with Gasteiger partial charge in [0, 0.05) is 11.1 Å². The lowest BCUT2D eigenvalue weighted by Gasteiger charge is -2.18. The Bertz CT molecular complexity index is 1070. The van der Waals surface area contributed by atoms with E-state index in [1.54, 1.807) is 18.2 Å². The summed E-state index contributed by atoms with van der Waals surface area (Å²) in [5.41, 5.74) is 2.94. The van der Waals surface area contributed by atoms with E-state index in [0.29, 0.717) is 5.56 Å². The van der Waals surface area contributed by atoms with E-state index in [0.717, 1.165) is 11.1 Å². The zero-order valence-electron chi connectivity index (χ0n) is 14.6. The molecular weight excluding hydrogens is 340 g/mol. The number of ketones is 1. The first-order valence-electron chi connectivity index (χ1n) is 8.53. The summed E-state index contributed by atoms with van der Waals surface area (Å²) < 4.78 is 0. The summed E-state index contributed by atoms with van der Waals surface area (Å²) in [7, 11) is -1.86. The third-order valence-electron chi connectivity index (χ3n) is 5.25. The molecule has 0 atom stereocenters. The second-order valence-corrected chi connectivity index (χ2v) is 11.4. The van der Waals surface area contributed by atoms with Gasteiger partial charge in [-0.25, -0.2) is 4.79 Å². The van der Waals surface area contributed by atoms with Crippen LogP contribution in [0.2, 0.25) is 13.1 Å². The Morgan fingerprint density at radius 3 is 2.04 bits per heavy atom. The average Bonchev–Trinajstić information content (AvgIpc) is 2.89. The van der Waals surface area contributed by atoms with E-state index in [1.807, 2.05) is 24.3 Å². The monoisotopic (exact) mass is 358 g/mol. The number of aromatic carboxylic acids is 1. The van der Waals surface area contributed by atoms with E-state index in [-0.39, 0.29) is 16.9 Å². The molecule has 0 fully saturated rings. The summed E-state index contributed by atoms with van der Waals surface area (Å²) in [5, 5.41) is 12.0. The maximum atomic E-state index is 13.3. The highest BCUT2D eigenvalue weighted by atomic mass is 28.3. The average molecular weight is 358 g/mol. The summed E-state index contributed by atoms with van der Waals surface area (Å²) in [6.45, 7) is 4.58. The Morgan fingerprint density at radius 2 is 1.31 bits per heavy atom. The number of benzene rings is 3. The Hall–Kier alpha value is -2.98. The number of carboxylic acids is 1. The molecule has 0 aromatic heterocycles. The molecule has 26 heavy (non-hydrogen) atoms. The lowest BCUT2D eigenvalue weighted by atomic mass is 9.92. The third-order valence-corrected chi connectivity index (χ3v) is 8.80. The van der Waals surface area contributed by atoms with Gasteiger partial charge in [-0.3, -0.25) is 4.79 Å². The Labute approximate surface area is 152 Å². The second-order valence-electron chi connectivity index (χ2n) is 7.08. The molecule has 0 saturated carbocycles. The van der Waals surface area contributed by atoms with Crippen molar-refractivity contribution in [2.24, 2.45) is 0 Å². The number of carbonyl (C=O) groups excluding carboxylic acids is 1. The standard InChI is InChI=1S/C22H18O3Si/c1-26(2)18-12-6-5-10-16(18)20-17(11-7-13-19(20)26)21(23)14-8-3-4-9-15(14)22(24)25/h3-13H,1-2H3,(H,24,25). The maximum Gasteiger partial charge on any atom is 0.336 e. The Morgan fingerprint density at radius 1 is 0.731 bits per heavy atom. The molecule has 3 nitrogen and oxygen atoms in total. The molecule has 1 N–H and O–H groups in total. The Balaban J connectivity index is 1.97. The number of carboxylic acid groups (broad SMARTS) is 1.